The molecule has 0 aromatic rings. The first-order valence-corrected chi connectivity index (χ1v) is 3.45. The van der Waals surface area contributed by atoms with Gasteiger partial charge in [0.1, 0.15) is 0 Å². The van der Waals surface area contributed by atoms with E-state index in [9.17, 15) is 0 Å². The van der Waals surface area contributed by atoms with Gasteiger partial charge in [0.25, 0.3) is 0 Å². The lowest BCUT2D eigenvalue weighted by Gasteiger charge is -2.50. The van der Waals surface area contributed by atoms with Crippen molar-refractivity contribution in [1.29, 1.82) is 0 Å². The Morgan fingerprint density at radius 1 is 1.29 bits per heavy atom. The van der Waals surface area contributed by atoms with Crippen molar-refractivity contribution in [1.82, 2.24) is 0 Å². The minimum Gasteiger partial charge on any atom is -0.123 e. The number of alkyl halides is 1. The number of hydrogen-bond donors (Lipinski definition) is 0. The molecule has 0 amide bonds. The second kappa shape index (κ2) is 1.17. The second-order valence-electron chi connectivity index (χ2n) is 2.75. The van der Waals surface area contributed by atoms with Gasteiger partial charge in [0.2, 0.25) is 0 Å². The SMILES string of the molecule is Cl[C@H]1C[C@@H]2CC[C@@H]21. The normalized spacial score (nSPS) is 57.0. The van der Waals surface area contributed by atoms with E-state index in [4.69, 9.17) is 11.6 Å². The van der Waals surface area contributed by atoms with Gasteiger partial charge in [-0.15, -0.1) is 11.6 Å². The smallest absolute Gasteiger partial charge is 0.0369 e. The zero-order valence-corrected chi connectivity index (χ0v) is 4.99. The lowest BCUT2D eigenvalue weighted by molar-refractivity contribution is 0.0614. The molecule has 0 bridgehead atoms. The third kappa shape index (κ3) is 0.387. The minimum absolute atomic E-state index is 0.568. The van der Waals surface area contributed by atoms with Gasteiger partial charge in [0.15, 0.2) is 0 Å². The summed E-state index contributed by atoms with van der Waals surface area (Å²) in [6.45, 7) is 0. The summed E-state index contributed by atoms with van der Waals surface area (Å²) in [5, 5.41) is 0.568. The van der Waals surface area contributed by atoms with Crippen molar-refractivity contribution in [2.24, 2.45) is 11.8 Å². The molecule has 0 aliphatic heterocycles. The van der Waals surface area contributed by atoms with E-state index in [2.05, 4.69) is 0 Å². The van der Waals surface area contributed by atoms with Crippen molar-refractivity contribution >= 4 is 11.6 Å². The zero-order chi connectivity index (χ0) is 4.85. The lowest BCUT2D eigenvalue weighted by atomic mass is 9.59. The number of rotatable bonds is 0. The van der Waals surface area contributed by atoms with Gasteiger partial charge >= 0.3 is 0 Å². The van der Waals surface area contributed by atoms with E-state index >= 15 is 0 Å². The van der Waals surface area contributed by atoms with Crippen molar-refractivity contribution in [2.45, 2.75) is 24.6 Å². The molecule has 0 spiro atoms. The molecule has 0 aromatic carbocycles. The van der Waals surface area contributed by atoms with Gasteiger partial charge < -0.3 is 0 Å². The average molecular weight is 117 g/mol. The first-order valence-electron chi connectivity index (χ1n) is 3.02. The zero-order valence-electron chi connectivity index (χ0n) is 4.23. The topological polar surface area (TPSA) is 0 Å². The van der Waals surface area contributed by atoms with Gasteiger partial charge in [0, 0.05) is 5.38 Å². The Morgan fingerprint density at radius 2 is 2.14 bits per heavy atom. The molecule has 2 saturated carbocycles. The number of halogens is 1. The maximum Gasteiger partial charge on any atom is 0.0369 e. The molecule has 0 saturated heterocycles. The fourth-order valence-corrected chi connectivity index (χ4v) is 2.19. The Balaban J connectivity index is 1.99. The summed E-state index contributed by atoms with van der Waals surface area (Å²) in [5.41, 5.74) is 0. The first kappa shape index (κ1) is 4.20. The van der Waals surface area contributed by atoms with Gasteiger partial charge in [-0.1, -0.05) is 0 Å². The predicted molar refractivity (Wildman–Crippen MR) is 30.5 cm³/mol. The number of fused-ring (bicyclic) bond motifs is 1. The van der Waals surface area contributed by atoms with Crippen molar-refractivity contribution in [3.8, 4) is 0 Å². The molecule has 40 valence electrons. The van der Waals surface area contributed by atoms with Crippen LogP contribution in [0.15, 0.2) is 0 Å². The Labute approximate surface area is 48.9 Å². The molecule has 0 radical (unpaired) electrons. The molecule has 2 rings (SSSR count). The van der Waals surface area contributed by atoms with Crippen molar-refractivity contribution in [3.05, 3.63) is 0 Å². The van der Waals surface area contributed by atoms with Crippen LogP contribution < -0.4 is 0 Å². The molecule has 0 heterocycles. The van der Waals surface area contributed by atoms with Crippen LogP contribution in [0.5, 0.6) is 0 Å². The monoisotopic (exact) mass is 116 g/mol. The van der Waals surface area contributed by atoms with E-state index in [0.29, 0.717) is 5.38 Å². The third-order valence-electron chi connectivity index (χ3n) is 2.47. The van der Waals surface area contributed by atoms with Crippen LogP contribution in [0.1, 0.15) is 19.3 Å². The highest BCUT2D eigenvalue weighted by Gasteiger charge is 2.45. The highest BCUT2D eigenvalue weighted by atomic mass is 35.5. The molecule has 0 nitrogen and oxygen atoms in total. The Bertz CT molecular complexity index is 86.2. The maximum atomic E-state index is 5.85. The molecule has 2 aliphatic carbocycles. The van der Waals surface area contributed by atoms with Gasteiger partial charge in [-0.25, -0.2) is 0 Å². The van der Waals surface area contributed by atoms with E-state index < -0.39 is 0 Å². The maximum absolute atomic E-state index is 5.85. The largest absolute Gasteiger partial charge is 0.123 e. The summed E-state index contributed by atoms with van der Waals surface area (Å²) in [6, 6.07) is 0. The molecule has 0 N–H and O–H groups in total. The van der Waals surface area contributed by atoms with Crippen molar-refractivity contribution in [3.63, 3.8) is 0 Å². The highest BCUT2D eigenvalue weighted by Crippen LogP contribution is 2.52. The molecule has 2 fully saturated rings. The van der Waals surface area contributed by atoms with E-state index in [-0.39, 0.29) is 0 Å². The van der Waals surface area contributed by atoms with Crippen LogP contribution in [0.25, 0.3) is 0 Å². The molecular weight excluding hydrogens is 108 g/mol. The van der Waals surface area contributed by atoms with E-state index in [1.54, 1.807) is 0 Å². The third-order valence-corrected chi connectivity index (χ3v) is 2.97. The van der Waals surface area contributed by atoms with Crippen LogP contribution in [-0.4, -0.2) is 5.38 Å². The Morgan fingerprint density at radius 3 is 2.14 bits per heavy atom. The lowest BCUT2D eigenvalue weighted by Crippen LogP contribution is -2.45. The predicted octanol–water partition coefficient (Wildman–Crippen LogP) is 2.02. The van der Waals surface area contributed by atoms with Crippen LogP contribution >= 0.6 is 11.6 Å². The first-order chi connectivity index (χ1) is 3.38. The van der Waals surface area contributed by atoms with Crippen LogP contribution in [0, 0.1) is 11.8 Å². The summed E-state index contributed by atoms with van der Waals surface area (Å²) < 4.78 is 0. The summed E-state index contributed by atoms with van der Waals surface area (Å²) >= 11 is 5.85. The molecule has 3 atom stereocenters. The number of hydrogen-bond acceptors (Lipinski definition) is 0. The fourth-order valence-electron chi connectivity index (χ4n) is 1.63. The highest BCUT2D eigenvalue weighted by molar-refractivity contribution is 6.21. The molecule has 2 aliphatic rings. The molecular formula is C6H9Cl. The van der Waals surface area contributed by atoms with Gasteiger partial charge in [-0.3, -0.25) is 0 Å². The molecule has 0 aromatic heterocycles. The van der Waals surface area contributed by atoms with Crippen LogP contribution in [0.3, 0.4) is 0 Å². The van der Waals surface area contributed by atoms with Gasteiger partial charge in [-0.05, 0) is 31.1 Å². The summed E-state index contributed by atoms with van der Waals surface area (Å²) in [5.74, 6) is 2.00. The summed E-state index contributed by atoms with van der Waals surface area (Å²) in [4.78, 5) is 0. The van der Waals surface area contributed by atoms with Crippen molar-refractivity contribution in [2.75, 3.05) is 0 Å². The molecule has 7 heavy (non-hydrogen) atoms. The second-order valence-corrected chi connectivity index (χ2v) is 3.31. The standard InChI is InChI=1S/C6H9Cl/c7-6-3-4-1-2-5(4)6/h4-6H,1-3H2/t4-,5-,6-/m0/s1. The average Bonchev–Trinajstić information content (AvgIpc) is 1.59. The van der Waals surface area contributed by atoms with Crippen LogP contribution in [-0.2, 0) is 0 Å². The van der Waals surface area contributed by atoms with Gasteiger partial charge in [-0.2, -0.15) is 0 Å². The van der Waals surface area contributed by atoms with E-state index in [0.717, 1.165) is 11.8 Å². The molecule has 1 heteroatoms. The quantitative estimate of drug-likeness (QED) is 0.425. The Hall–Kier alpha value is 0.290. The van der Waals surface area contributed by atoms with Crippen molar-refractivity contribution < 1.29 is 0 Å². The molecule has 0 unspecified atom stereocenters. The van der Waals surface area contributed by atoms with E-state index in [1.807, 2.05) is 0 Å². The Kier molecular flexibility index (Phi) is 0.699. The summed E-state index contributed by atoms with van der Waals surface area (Å²) in [6.07, 6.45) is 4.19. The minimum atomic E-state index is 0.568. The van der Waals surface area contributed by atoms with E-state index in [1.165, 1.54) is 19.3 Å². The summed E-state index contributed by atoms with van der Waals surface area (Å²) in [7, 11) is 0. The fraction of sp³-hybridized carbons (Fsp3) is 1.00. The van der Waals surface area contributed by atoms with Crippen LogP contribution in [0.4, 0.5) is 0 Å². The van der Waals surface area contributed by atoms with Crippen LogP contribution in [0.2, 0.25) is 0 Å². The van der Waals surface area contributed by atoms with Gasteiger partial charge in [0.05, 0.1) is 0 Å².